The first-order valence-electron chi connectivity index (χ1n) is 8.66. The summed E-state index contributed by atoms with van der Waals surface area (Å²) in [5.74, 6) is -1.09. The molecule has 1 aromatic heterocycles. The molecule has 0 amide bonds. The highest BCUT2D eigenvalue weighted by Gasteiger charge is 2.45. The number of rotatable bonds is 5. The molecule has 1 atom stereocenters. The molecule has 1 aliphatic heterocycles. The fraction of sp³-hybridized carbons (Fsp3) is 0.421. The molecule has 1 fully saturated rings. The Kier molecular flexibility index (Phi) is 5.37. The lowest BCUT2D eigenvalue weighted by atomic mass is 9.92. The van der Waals surface area contributed by atoms with Crippen molar-refractivity contribution >= 4 is 11.9 Å². The van der Waals surface area contributed by atoms with Crippen LogP contribution in [-0.2, 0) is 14.3 Å². The number of esters is 2. The highest BCUT2D eigenvalue weighted by Crippen LogP contribution is 2.27. The molecule has 1 unspecified atom stereocenters. The van der Waals surface area contributed by atoms with Crippen LogP contribution in [0.3, 0.4) is 0 Å². The third kappa shape index (κ3) is 3.48. The average Bonchev–Trinajstić information content (AvgIpc) is 3.18. The van der Waals surface area contributed by atoms with Crippen molar-refractivity contribution in [2.45, 2.75) is 31.4 Å². The predicted octanol–water partition coefficient (Wildman–Crippen LogP) is 1.94. The van der Waals surface area contributed by atoms with E-state index in [1.54, 1.807) is 10.9 Å². The van der Waals surface area contributed by atoms with Crippen molar-refractivity contribution in [1.82, 2.24) is 14.9 Å². The smallest absolute Gasteiger partial charge is 0.357 e. The van der Waals surface area contributed by atoms with Crippen molar-refractivity contribution in [1.29, 1.82) is 0 Å². The zero-order chi connectivity index (χ0) is 18.6. The molecule has 0 aliphatic carbocycles. The molecule has 2 aromatic rings. The summed E-state index contributed by atoms with van der Waals surface area (Å²) in [6.07, 6.45) is 3.83. The summed E-state index contributed by atoms with van der Waals surface area (Å²) >= 11 is 0. The standard InChI is InChI=1S/C19H23N3O4/c1-14(15-6-4-3-5-7-15)22-13-21-12-16(22)17(23)26-19(18(24)25-2)8-10-20-11-9-19/h3-7,12-14,20H,8-11H2,1-2H3. The summed E-state index contributed by atoms with van der Waals surface area (Å²) in [4.78, 5) is 29.2. The van der Waals surface area contributed by atoms with Gasteiger partial charge in [0.2, 0.25) is 5.60 Å². The Morgan fingerprint density at radius 3 is 2.58 bits per heavy atom. The van der Waals surface area contributed by atoms with Gasteiger partial charge < -0.3 is 19.4 Å². The minimum atomic E-state index is -1.25. The molecule has 1 N–H and O–H groups in total. The van der Waals surface area contributed by atoms with Gasteiger partial charge in [-0.15, -0.1) is 0 Å². The Bertz CT molecular complexity index is 766. The van der Waals surface area contributed by atoms with Crippen molar-refractivity contribution in [3.63, 3.8) is 0 Å². The topological polar surface area (TPSA) is 82.5 Å². The van der Waals surface area contributed by atoms with E-state index in [-0.39, 0.29) is 6.04 Å². The highest BCUT2D eigenvalue weighted by molar-refractivity contribution is 5.91. The largest absolute Gasteiger partial charge is 0.466 e. The number of hydrogen-bond acceptors (Lipinski definition) is 6. The molecule has 1 aliphatic rings. The minimum Gasteiger partial charge on any atom is -0.466 e. The number of nitrogens with zero attached hydrogens (tertiary/aromatic N) is 2. The Morgan fingerprint density at radius 1 is 1.23 bits per heavy atom. The average molecular weight is 357 g/mol. The van der Waals surface area contributed by atoms with E-state index in [1.165, 1.54) is 13.3 Å². The maximum absolute atomic E-state index is 12.8. The summed E-state index contributed by atoms with van der Waals surface area (Å²) in [5, 5.41) is 3.16. The van der Waals surface area contributed by atoms with E-state index in [0.717, 1.165) is 5.56 Å². The van der Waals surface area contributed by atoms with E-state index in [1.807, 2.05) is 37.3 Å². The van der Waals surface area contributed by atoms with Crippen LogP contribution in [0.15, 0.2) is 42.9 Å². The first kappa shape index (κ1) is 18.1. The molecule has 26 heavy (non-hydrogen) atoms. The van der Waals surface area contributed by atoms with Crippen molar-refractivity contribution < 1.29 is 19.1 Å². The first-order chi connectivity index (χ1) is 12.6. The number of carbonyl (C=O) groups excluding carboxylic acids is 2. The van der Waals surface area contributed by atoms with Gasteiger partial charge in [-0.2, -0.15) is 0 Å². The van der Waals surface area contributed by atoms with E-state index in [0.29, 0.717) is 31.6 Å². The van der Waals surface area contributed by atoms with Gasteiger partial charge in [0.15, 0.2) is 0 Å². The Morgan fingerprint density at radius 2 is 1.92 bits per heavy atom. The maximum atomic E-state index is 12.8. The number of ether oxygens (including phenoxy) is 2. The zero-order valence-corrected chi connectivity index (χ0v) is 15.0. The summed E-state index contributed by atoms with van der Waals surface area (Å²) in [5.41, 5.74) is 0.106. The molecular formula is C19H23N3O4. The third-order valence-electron chi connectivity index (χ3n) is 4.83. The number of benzene rings is 1. The van der Waals surface area contributed by atoms with E-state index in [4.69, 9.17) is 9.47 Å². The second-order valence-electron chi connectivity index (χ2n) is 6.40. The molecule has 7 heteroatoms. The summed E-state index contributed by atoms with van der Waals surface area (Å²) in [7, 11) is 1.31. The lowest BCUT2D eigenvalue weighted by Crippen LogP contribution is -2.51. The second kappa shape index (κ2) is 7.70. The number of hydrogen-bond donors (Lipinski definition) is 1. The van der Waals surface area contributed by atoms with Crippen LogP contribution < -0.4 is 5.32 Å². The van der Waals surface area contributed by atoms with Crippen molar-refractivity contribution in [2.75, 3.05) is 20.2 Å². The molecule has 0 spiro atoms. The molecule has 1 saturated heterocycles. The number of methoxy groups -OCH3 is 1. The molecule has 1 aromatic carbocycles. The molecule has 0 saturated carbocycles. The molecular weight excluding hydrogens is 334 g/mol. The van der Waals surface area contributed by atoms with E-state index in [2.05, 4.69) is 10.3 Å². The monoisotopic (exact) mass is 357 g/mol. The molecule has 2 heterocycles. The van der Waals surface area contributed by atoms with Gasteiger partial charge in [-0.3, -0.25) is 0 Å². The fourth-order valence-corrected chi connectivity index (χ4v) is 3.26. The zero-order valence-electron chi connectivity index (χ0n) is 15.0. The van der Waals surface area contributed by atoms with Gasteiger partial charge in [0.05, 0.1) is 25.7 Å². The summed E-state index contributed by atoms with van der Waals surface area (Å²) in [6.45, 7) is 3.15. The van der Waals surface area contributed by atoms with E-state index >= 15 is 0 Å². The molecule has 138 valence electrons. The van der Waals surface area contributed by atoms with Crippen LogP contribution in [0, 0.1) is 0 Å². The number of nitrogens with one attached hydrogen (secondary N) is 1. The van der Waals surface area contributed by atoms with Gasteiger partial charge >= 0.3 is 11.9 Å². The van der Waals surface area contributed by atoms with Gasteiger partial charge in [0.1, 0.15) is 5.69 Å². The molecule has 0 bridgehead atoms. The molecule has 3 rings (SSSR count). The van der Waals surface area contributed by atoms with Crippen molar-refractivity contribution in [2.24, 2.45) is 0 Å². The number of piperidine rings is 1. The summed E-state index contributed by atoms with van der Waals surface area (Å²) < 4.78 is 12.3. The van der Waals surface area contributed by atoms with Gasteiger partial charge in [-0.05, 0) is 25.6 Å². The maximum Gasteiger partial charge on any atom is 0.357 e. The number of aromatic nitrogens is 2. The lowest BCUT2D eigenvalue weighted by Gasteiger charge is -2.34. The van der Waals surface area contributed by atoms with Gasteiger partial charge in [-0.25, -0.2) is 14.6 Å². The fourth-order valence-electron chi connectivity index (χ4n) is 3.26. The highest BCUT2D eigenvalue weighted by atomic mass is 16.6. The van der Waals surface area contributed by atoms with Crippen molar-refractivity contribution in [3.8, 4) is 0 Å². The molecule has 0 radical (unpaired) electrons. The Labute approximate surface area is 152 Å². The first-order valence-corrected chi connectivity index (χ1v) is 8.66. The summed E-state index contributed by atoms with van der Waals surface area (Å²) in [6, 6.07) is 9.72. The van der Waals surface area contributed by atoms with Crippen LogP contribution in [-0.4, -0.2) is 47.3 Å². The van der Waals surface area contributed by atoms with Gasteiger partial charge in [0, 0.05) is 12.8 Å². The molecule has 7 nitrogen and oxygen atoms in total. The van der Waals surface area contributed by atoms with Gasteiger partial charge in [0.25, 0.3) is 0 Å². The Balaban J connectivity index is 1.84. The van der Waals surface area contributed by atoms with Crippen LogP contribution in [0.2, 0.25) is 0 Å². The van der Waals surface area contributed by atoms with Crippen LogP contribution in [0.5, 0.6) is 0 Å². The van der Waals surface area contributed by atoms with E-state index in [9.17, 15) is 9.59 Å². The normalized spacial score (nSPS) is 17.3. The number of imidazole rings is 1. The van der Waals surface area contributed by atoms with Gasteiger partial charge in [-0.1, -0.05) is 30.3 Å². The third-order valence-corrected chi connectivity index (χ3v) is 4.83. The van der Waals surface area contributed by atoms with E-state index < -0.39 is 17.5 Å². The lowest BCUT2D eigenvalue weighted by molar-refractivity contribution is -0.165. The van der Waals surface area contributed by atoms with Crippen molar-refractivity contribution in [3.05, 3.63) is 54.1 Å². The Hall–Kier alpha value is -2.67. The predicted molar refractivity (Wildman–Crippen MR) is 94.7 cm³/mol. The van der Waals surface area contributed by atoms with Crippen LogP contribution >= 0.6 is 0 Å². The second-order valence-corrected chi connectivity index (χ2v) is 6.40. The minimum absolute atomic E-state index is 0.0941. The SMILES string of the molecule is COC(=O)C1(OC(=O)c2cncn2C(C)c2ccccc2)CCNCC1. The quantitative estimate of drug-likeness (QED) is 0.824. The van der Waals surface area contributed by atoms with Crippen LogP contribution in [0.4, 0.5) is 0 Å². The van der Waals surface area contributed by atoms with Crippen LogP contribution in [0.1, 0.15) is 41.9 Å². The number of carbonyl (C=O) groups is 2. The van der Waals surface area contributed by atoms with Crippen LogP contribution in [0.25, 0.3) is 0 Å².